The van der Waals surface area contributed by atoms with Crippen molar-refractivity contribution in [3.63, 3.8) is 0 Å². The third-order valence-corrected chi connectivity index (χ3v) is 6.84. The number of hydrogen-bond acceptors (Lipinski definition) is 3. The molecular weight excluding hydrogens is 447 g/mol. The lowest BCUT2D eigenvalue weighted by atomic mass is 10.0. The van der Waals surface area contributed by atoms with Gasteiger partial charge in [0.15, 0.2) is 0 Å². The second-order valence-corrected chi connectivity index (χ2v) is 10.9. The van der Waals surface area contributed by atoms with Crippen molar-refractivity contribution in [1.29, 1.82) is 0 Å². The van der Waals surface area contributed by atoms with Crippen LogP contribution in [0.2, 0.25) is 0 Å². The molecule has 0 spiro atoms. The lowest BCUT2D eigenvalue weighted by molar-refractivity contribution is 0.0941. The summed E-state index contributed by atoms with van der Waals surface area (Å²) in [5.74, 6) is 0.698. The van der Waals surface area contributed by atoms with Crippen molar-refractivity contribution in [3.05, 3.63) is 30.3 Å². The molecule has 0 aliphatic carbocycles. The van der Waals surface area contributed by atoms with Gasteiger partial charge in [-0.2, -0.15) is 0 Å². The number of ether oxygens (including phenoxy) is 1. The summed E-state index contributed by atoms with van der Waals surface area (Å²) in [6.45, 7) is 2.18. The van der Waals surface area contributed by atoms with E-state index >= 15 is 0 Å². The van der Waals surface area contributed by atoms with Gasteiger partial charge in [-0.1, -0.05) is 134 Å². The fourth-order valence-electron chi connectivity index (χ4n) is 4.32. The maximum atomic E-state index is 11.0. The topological polar surface area (TPSA) is 76.0 Å². The first kappa shape index (κ1) is 31.2. The SMILES string of the molecule is CCCCCCCCCCCCCCCCCCCCC(COP(=O)(O)O)Oc1ccccc1. The van der Waals surface area contributed by atoms with E-state index < -0.39 is 7.82 Å². The molecule has 0 bridgehead atoms. The van der Waals surface area contributed by atoms with Crippen LogP contribution in [-0.2, 0) is 9.09 Å². The number of unbranched alkanes of at least 4 members (excludes halogenated alkanes) is 17. The molecule has 0 fully saturated rings. The molecule has 1 aromatic carbocycles. The third kappa shape index (κ3) is 20.5. The number of rotatable bonds is 24. The van der Waals surface area contributed by atoms with Gasteiger partial charge in [0.25, 0.3) is 0 Å². The lowest BCUT2D eigenvalue weighted by Crippen LogP contribution is -2.22. The molecule has 0 heterocycles. The number of para-hydroxylation sites is 1. The Labute approximate surface area is 209 Å². The average Bonchev–Trinajstić information content (AvgIpc) is 2.81. The largest absolute Gasteiger partial charge is 0.488 e. The molecule has 198 valence electrons. The van der Waals surface area contributed by atoms with Crippen molar-refractivity contribution in [2.24, 2.45) is 0 Å². The summed E-state index contributed by atoms with van der Waals surface area (Å²) in [5.41, 5.74) is 0. The summed E-state index contributed by atoms with van der Waals surface area (Å²) in [7, 11) is -4.48. The van der Waals surface area contributed by atoms with Gasteiger partial charge in [0, 0.05) is 0 Å². The highest BCUT2D eigenvalue weighted by Crippen LogP contribution is 2.36. The van der Waals surface area contributed by atoms with E-state index in [2.05, 4.69) is 6.92 Å². The van der Waals surface area contributed by atoms with E-state index in [0.29, 0.717) is 5.75 Å². The van der Waals surface area contributed by atoms with Gasteiger partial charge in [0.1, 0.15) is 11.9 Å². The van der Waals surface area contributed by atoms with E-state index in [1.807, 2.05) is 30.3 Å². The summed E-state index contributed by atoms with van der Waals surface area (Å²) in [4.78, 5) is 18.0. The predicted octanol–water partition coefficient (Wildman–Crippen LogP) is 8.98. The molecule has 0 aliphatic heterocycles. The van der Waals surface area contributed by atoms with Gasteiger partial charge in [-0.05, 0) is 25.0 Å². The molecule has 0 radical (unpaired) electrons. The van der Waals surface area contributed by atoms with E-state index in [9.17, 15) is 4.57 Å². The Kier molecular flexibility index (Phi) is 19.6. The fraction of sp³-hybridized carbons (Fsp3) is 0.786. The number of hydrogen-bond donors (Lipinski definition) is 2. The molecule has 0 saturated heterocycles. The molecule has 0 amide bonds. The molecule has 34 heavy (non-hydrogen) atoms. The first-order valence-electron chi connectivity index (χ1n) is 13.9. The van der Waals surface area contributed by atoms with E-state index in [1.54, 1.807) is 0 Å². The third-order valence-electron chi connectivity index (χ3n) is 6.35. The first-order chi connectivity index (χ1) is 16.5. The normalized spacial score (nSPS) is 12.7. The van der Waals surface area contributed by atoms with Gasteiger partial charge in [-0.25, -0.2) is 4.57 Å². The van der Waals surface area contributed by atoms with Crippen LogP contribution < -0.4 is 4.74 Å². The molecule has 5 nitrogen and oxygen atoms in total. The summed E-state index contributed by atoms with van der Waals surface area (Å²) in [6, 6.07) is 9.37. The second kappa shape index (κ2) is 21.4. The summed E-state index contributed by atoms with van der Waals surface area (Å²) < 4.78 is 21.6. The zero-order valence-corrected chi connectivity index (χ0v) is 22.6. The Hall–Kier alpha value is -0.870. The van der Waals surface area contributed by atoms with Crippen LogP contribution in [0.4, 0.5) is 0 Å². The van der Waals surface area contributed by atoms with Gasteiger partial charge >= 0.3 is 7.82 Å². The Morgan fingerprint density at radius 2 is 1.09 bits per heavy atom. The maximum absolute atomic E-state index is 11.0. The van der Waals surface area contributed by atoms with E-state index in [1.165, 1.54) is 103 Å². The molecule has 0 saturated carbocycles. The van der Waals surface area contributed by atoms with Crippen LogP contribution in [-0.4, -0.2) is 22.5 Å². The van der Waals surface area contributed by atoms with Crippen molar-refractivity contribution in [2.45, 2.75) is 135 Å². The van der Waals surface area contributed by atoms with Crippen LogP contribution in [0.3, 0.4) is 0 Å². The minimum Gasteiger partial charge on any atom is -0.488 e. The molecule has 1 unspecified atom stereocenters. The zero-order chi connectivity index (χ0) is 24.7. The summed E-state index contributed by atoms with van der Waals surface area (Å²) >= 11 is 0. The van der Waals surface area contributed by atoms with E-state index in [-0.39, 0.29) is 12.7 Å². The van der Waals surface area contributed by atoms with Crippen LogP contribution in [0.15, 0.2) is 30.3 Å². The highest BCUT2D eigenvalue weighted by Gasteiger charge is 2.19. The number of phosphoric acid groups is 1. The highest BCUT2D eigenvalue weighted by atomic mass is 31.2. The zero-order valence-electron chi connectivity index (χ0n) is 21.7. The average molecular weight is 499 g/mol. The fourth-order valence-corrected chi connectivity index (χ4v) is 4.68. The molecule has 1 aromatic rings. The molecule has 1 atom stereocenters. The van der Waals surface area contributed by atoms with Gasteiger partial charge in [0.05, 0.1) is 6.61 Å². The van der Waals surface area contributed by atoms with Crippen molar-refractivity contribution < 1.29 is 23.6 Å². The quantitative estimate of drug-likeness (QED) is 0.110. The lowest BCUT2D eigenvalue weighted by Gasteiger charge is -2.19. The van der Waals surface area contributed by atoms with Gasteiger partial charge in [-0.3, -0.25) is 4.52 Å². The van der Waals surface area contributed by atoms with E-state index in [4.69, 9.17) is 19.0 Å². The number of phosphoric ester groups is 1. The van der Waals surface area contributed by atoms with Crippen molar-refractivity contribution >= 4 is 7.82 Å². The Bertz CT molecular complexity index is 604. The number of benzene rings is 1. The van der Waals surface area contributed by atoms with E-state index in [0.717, 1.165) is 19.3 Å². The van der Waals surface area contributed by atoms with Gasteiger partial charge in [-0.15, -0.1) is 0 Å². The molecule has 1 rings (SSSR count). The Morgan fingerprint density at radius 1 is 0.676 bits per heavy atom. The highest BCUT2D eigenvalue weighted by molar-refractivity contribution is 7.46. The van der Waals surface area contributed by atoms with Gasteiger partial charge < -0.3 is 14.5 Å². The summed E-state index contributed by atoms with van der Waals surface area (Å²) in [5, 5.41) is 0. The van der Waals surface area contributed by atoms with Crippen LogP contribution in [0.25, 0.3) is 0 Å². The molecule has 0 aliphatic rings. The minimum absolute atomic E-state index is 0.0991. The molecule has 0 aromatic heterocycles. The van der Waals surface area contributed by atoms with Crippen LogP contribution in [0.1, 0.15) is 129 Å². The molecular formula is C28H51O5P. The van der Waals surface area contributed by atoms with Crippen LogP contribution >= 0.6 is 7.82 Å². The summed E-state index contributed by atoms with van der Waals surface area (Å²) in [6.07, 6.45) is 24.4. The van der Waals surface area contributed by atoms with Crippen LogP contribution in [0, 0.1) is 0 Å². The standard InChI is InChI=1S/C28H51O5P/c1-2-3-4-5-6-7-8-9-10-11-12-13-14-15-16-17-18-20-25-28(26-32-34(29,30)31)33-27-23-21-19-22-24-27/h19,21-24,28H,2-18,20,25-26H2,1H3,(H2,29,30,31). The molecule has 2 N–H and O–H groups in total. The molecule has 6 heteroatoms. The minimum atomic E-state index is -4.48. The van der Waals surface area contributed by atoms with Crippen molar-refractivity contribution in [3.8, 4) is 5.75 Å². The van der Waals surface area contributed by atoms with Crippen molar-refractivity contribution in [2.75, 3.05) is 6.61 Å². The maximum Gasteiger partial charge on any atom is 0.469 e. The first-order valence-corrected chi connectivity index (χ1v) is 15.5. The van der Waals surface area contributed by atoms with Crippen molar-refractivity contribution in [1.82, 2.24) is 0 Å². The predicted molar refractivity (Wildman–Crippen MR) is 142 cm³/mol. The smallest absolute Gasteiger partial charge is 0.469 e. The monoisotopic (exact) mass is 498 g/mol. The Balaban J connectivity index is 1.95. The van der Waals surface area contributed by atoms with Gasteiger partial charge in [0.2, 0.25) is 0 Å². The Morgan fingerprint density at radius 3 is 1.50 bits per heavy atom. The van der Waals surface area contributed by atoms with Crippen LogP contribution in [0.5, 0.6) is 5.75 Å². The second-order valence-electron chi connectivity index (χ2n) is 9.64.